The minimum atomic E-state index is -0.351. The van der Waals surface area contributed by atoms with E-state index < -0.39 is 0 Å². The third-order valence-corrected chi connectivity index (χ3v) is 7.54. The molecule has 1 aromatic rings. The van der Waals surface area contributed by atoms with E-state index in [0.717, 1.165) is 25.7 Å². The summed E-state index contributed by atoms with van der Waals surface area (Å²) in [4.78, 5) is 40.4. The van der Waals surface area contributed by atoms with Crippen LogP contribution in [0.3, 0.4) is 0 Å². The molecule has 1 atom stereocenters. The van der Waals surface area contributed by atoms with E-state index in [1.54, 1.807) is 9.80 Å². The van der Waals surface area contributed by atoms with E-state index in [9.17, 15) is 14.4 Å². The first-order valence-corrected chi connectivity index (χ1v) is 11.2. The van der Waals surface area contributed by atoms with E-state index >= 15 is 0 Å². The Morgan fingerprint density at radius 1 is 1.06 bits per heavy atom. The van der Waals surface area contributed by atoms with E-state index in [1.807, 2.05) is 0 Å². The number of amides is 3. The summed E-state index contributed by atoms with van der Waals surface area (Å²) in [6, 6.07) is -0.0842. The monoisotopic (exact) mass is 429 g/mol. The number of aromatic nitrogens is 2. The molecular formula is C22H31N5O4. The quantitative estimate of drug-likeness (QED) is 0.757. The van der Waals surface area contributed by atoms with Gasteiger partial charge in [0.05, 0.1) is 17.3 Å². The fraction of sp³-hybridized carbons (Fsp3) is 0.773. The van der Waals surface area contributed by atoms with Crippen LogP contribution in [0.5, 0.6) is 0 Å². The van der Waals surface area contributed by atoms with Crippen LogP contribution in [0, 0.1) is 22.7 Å². The number of nitrogens with zero attached hydrogens (tertiary/aromatic N) is 4. The van der Waals surface area contributed by atoms with Gasteiger partial charge >= 0.3 is 6.03 Å². The van der Waals surface area contributed by atoms with Gasteiger partial charge in [0.25, 0.3) is 0 Å². The van der Waals surface area contributed by atoms with Crippen LogP contribution in [0.1, 0.15) is 58.2 Å². The number of primary amides is 1. The number of rotatable bonds is 5. The molecule has 0 unspecified atom stereocenters. The van der Waals surface area contributed by atoms with E-state index in [4.69, 9.17) is 10.2 Å². The van der Waals surface area contributed by atoms with Crippen LogP contribution >= 0.6 is 0 Å². The molecule has 0 radical (unpaired) electrons. The fourth-order valence-corrected chi connectivity index (χ4v) is 5.87. The van der Waals surface area contributed by atoms with Crippen molar-refractivity contribution in [1.82, 2.24) is 20.0 Å². The second-order valence-corrected chi connectivity index (χ2v) is 11.4. The summed E-state index contributed by atoms with van der Waals surface area (Å²) in [5, 5.41) is 8.49. The molecule has 168 valence electrons. The highest BCUT2D eigenvalue weighted by molar-refractivity contribution is 5.93. The average molecular weight is 430 g/mol. The molecule has 5 fully saturated rings. The van der Waals surface area contributed by atoms with Crippen molar-refractivity contribution in [3.63, 3.8) is 0 Å². The lowest BCUT2D eigenvalue weighted by atomic mass is 9.33. The summed E-state index contributed by atoms with van der Waals surface area (Å²) < 4.78 is 5.94. The lowest BCUT2D eigenvalue weighted by molar-refractivity contribution is -0.186. The molecule has 0 spiro atoms. The summed E-state index contributed by atoms with van der Waals surface area (Å²) in [6.07, 6.45) is 3.71. The van der Waals surface area contributed by atoms with Gasteiger partial charge in [-0.15, -0.1) is 10.2 Å². The molecule has 3 aliphatic carbocycles. The van der Waals surface area contributed by atoms with E-state index in [-0.39, 0.29) is 45.8 Å². The van der Waals surface area contributed by atoms with Crippen LogP contribution < -0.4 is 5.73 Å². The number of Topliss-reactive ketones (excluding diaryl/α,β-unsaturated/α-hetero) is 1. The standard InChI is InChI=1S/C22H31N5O4/c1-20(2,3)6-15-24-25-18(31-15)22-10-21(11-22,12-22)16(28)14-8-27(9-14)19(30)26-5-4-13(7-26)17(23)29/h13-14H,4-12H2,1-3H3,(H2,23,29)/t13-,21?,22?/m0/s1. The Morgan fingerprint density at radius 3 is 2.29 bits per heavy atom. The highest BCUT2D eigenvalue weighted by Crippen LogP contribution is 2.74. The molecule has 3 saturated carbocycles. The minimum Gasteiger partial charge on any atom is -0.425 e. The molecule has 0 aromatic carbocycles. The Balaban J connectivity index is 1.12. The molecule has 3 heterocycles. The lowest BCUT2D eigenvalue weighted by Crippen LogP contribution is -2.71. The normalized spacial score (nSPS) is 32.3. The molecule has 9 nitrogen and oxygen atoms in total. The lowest BCUT2D eigenvalue weighted by Gasteiger charge is -2.68. The van der Waals surface area contributed by atoms with Gasteiger partial charge in [-0.3, -0.25) is 9.59 Å². The first-order valence-electron chi connectivity index (χ1n) is 11.2. The topological polar surface area (TPSA) is 123 Å². The number of nitrogens with two attached hydrogens (primary N) is 1. The van der Waals surface area contributed by atoms with Gasteiger partial charge in [-0.1, -0.05) is 20.8 Å². The summed E-state index contributed by atoms with van der Waals surface area (Å²) in [5.74, 6) is 0.941. The predicted molar refractivity (Wildman–Crippen MR) is 110 cm³/mol. The van der Waals surface area contributed by atoms with Crippen molar-refractivity contribution in [3.8, 4) is 0 Å². The molecule has 1 aromatic heterocycles. The second kappa shape index (κ2) is 6.53. The van der Waals surface area contributed by atoms with Crippen LogP contribution in [0.4, 0.5) is 4.79 Å². The van der Waals surface area contributed by atoms with Crippen molar-refractivity contribution < 1.29 is 18.8 Å². The number of ketones is 1. The first-order chi connectivity index (χ1) is 14.5. The van der Waals surface area contributed by atoms with Crippen molar-refractivity contribution in [3.05, 3.63) is 11.8 Å². The van der Waals surface area contributed by atoms with Crippen molar-refractivity contribution in [2.24, 2.45) is 28.4 Å². The van der Waals surface area contributed by atoms with Crippen LogP contribution in [0.25, 0.3) is 0 Å². The van der Waals surface area contributed by atoms with Gasteiger partial charge in [0.15, 0.2) is 0 Å². The van der Waals surface area contributed by atoms with Gasteiger partial charge in [-0.05, 0) is 31.1 Å². The van der Waals surface area contributed by atoms with Crippen LogP contribution in [0.15, 0.2) is 4.42 Å². The first kappa shape index (κ1) is 20.5. The van der Waals surface area contributed by atoms with Gasteiger partial charge in [-0.25, -0.2) is 4.79 Å². The molecule has 2 saturated heterocycles. The van der Waals surface area contributed by atoms with Gasteiger partial charge in [0, 0.05) is 38.0 Å². The van der Waals surface area contributed by atoms with Crippen molar-refractivity contribution in [2.75, 3.05) is 26.2 Å². The molecular weight excluding hydrogens is 398 g/mol. The largest absolute Gasteiger partial charge is 0.425 e. The summed E-state index contributed by atoms with van der Waals surface area (Å²) >= 11 is 0. The Hall–Kier alpha value is -2.45. The third-order valence-electron chi connectivity index (χ3n) is 7.54. The molecule has 3 amide bonds. The molecule has 2 N–H and O–H groups in total. The van der Waals surface area contributed by atoms with Crippen LogP contribution in [-0.4, -0.2) is 63.9 Å². The molecule has 2 bridgehead atoms. The summed E-state index contributed by atoms with van der Waals surface area (Å²) in [6.45, 7) is 8.29. The zero-order chi connectivity index (χ0) is 22.2. The second-order valence-electron chi connectivity index (χ2n) is 11.4. The zero-order valence-electron chi connectivity index (χ0n) is 18.5. The SMILES string of the molecule is CC(C)(C)Cc1nnc(C23CC(C(=O)C4CN(C(=O)N5CC[C@H](C(N)=O)C5)C4)(C2)C3)o1. The minimum absolute atomic E-state index is 0.0842. The number of urea groups is 1. The van der Waals surface area contributed by atoms with E-state index in [2.05, 4.69) is 31.0 Å². The molecule has 31 heavy (non-hydrogen) atoms. The maximum Gasteiger partial charge on any atom is 0.320 e. The summed E-state index contributed by atoms with van der Waals surface area (Å²) in [5.41, 5.74) is 5.06. The Labute approximate surface area is 181 Å². The van der Waals surface area contributed by atoms with Gasteiger partial charge < -0.3 is 20.0 Å². The number of hydrogen-bond acceptors (Lipinski definition) is 6. The maximum atomic E-state index is 13.1. The van der Waals surface area contributed by atoms with Crippen LogP contribution in [-0.2, 0) is 21.4 Å². The van der Waals surface area contributed by atoms with E-state index in [0.29, 0.717) is 44.4 Å². The number of carbonyl (C=O) groups excluding carboxylic acids is 3. The third kappa shape index (κ3) is 3.24. The van der Waals surface area contributed by atoms with Gasteiger partial charge in [0.1, 0.15) is 5.78 Å². The molecule has 2 aliphatic heterocycles. The van der Waals surface area contributed by atoms with Gasteiger partial charge in [-0.2, -0.15) is 0 Å². The van der Waals surface area contributed by atoms with Crippen molar-refractivity contribution >= 4 is 17.7 Å². The number of likely N-dealkylation sites (tertiary alicyclic amines) is 2. The highest BCUT2D eigenvalue weighted by Gasteiger charge is 2.75. The Morgan fingerprint density at radius 2 is 1.71 bits per heavy atom. The van der Waals surface area contributed by atoms with E-state index in [1.165, 1.54) is 0 Å². The molecule has 9 heteroatoms. The van der Waals surface area contributed by atoms with Gasteiger partial charge in [0.2, 0.25) is 17.7 Å². The summed E-state index contributed by atoms with van der Waals surface area (Å²) in [7, 11) is 0. The zero-order valence-corrected chi connectivity index (χ0v) is 18.5. The van der Waals surface area contributed by atoms with Crippen molar-refractivity contribution in [2.45, 2.75) is 58.3 Å². The fourth-order valence-electron chi connectivity index (χ4n) is 5.87. The van der Waals surface area contributed by atoms with Crippen molar-refractivity contribution in [1.29, 1.82) is 0 Å². The molecule has 5 aliphatic rings. The average Bonchev–Trinajstić information content (AvgIpc) is 3.19. The smallest absolute Gasteiger partial charge is 0.320 e. The maximum absolute atomic E-state index is 13.1. The van der Waals surface area contributed by atoms with Crippen LogP contribution in [0.2, 0.25) is 0 Å². The number of hydrogen-bond donors (Lipinski definition) is 1. The Kier molecular flexibility index (Phi) is 4.31. The number of carbonyl (C=O) groups is 3. The highest BCUT2D eigenvalue weighted by atomic mass is 16.4. The predicted octanol–water partition coefficient (Wildman–Crippen LogP) is 1.51. The molecule has 6 rings (SSSR count). The Bertz CT molecular complexity index is 922.